The molecule has 0 atom stereocenters. The van der Waals surface area contributed by atoms with Crippen LogP contribution in [0.15, 0.2) is 36.5 Å². The fourth-order valence-corrected chi connectivity index (χ4v) is 2.49. The summed E-state index contributed by atoms with van der Waals surface area (Å²) >= 11 is 0. The molecule has 0 unspecified atom stereocenters. The molecule has 0 amide bonds. The maximum atomic E-state index is 5.78. The normalized spacial score (nSPS) is 12.0. The van der Waals surface area contributed by atoms with Crippen molar-refractivity contribution in [3.05, 3.63) is 57.9 Å². The molecule has 5 nitrogen and oxygen atoms in total. The fourth-order valence-electron chi connectivity index (χ4n) is 2.49. The smallest absolute Gasteiger partial charge is 0.108 e. The molecule has 1 aromatic rings. The first kappa shape index (κ1) is 13.2. The molecule has 0 radical (unpaired) electrons. The van der Waals surface area contributed by atoms with Gasteiger partial charge in [0.25, 0.3) is 0 Å². The van der Waals surface area contributed by atoms with E-state index in [9.17, 15) is 0 Å². The number of nitrogens with two attached hydrogens (primary N) is 1. The number of aryl methyl sites for hydroxylation is 1. The Morgan fingerprint density at radius 1 is 1.29 bits per heavy atom. The molecule has 2 aliphatic heterocycles. The van der Waals surface area contributed by atoms with Gasteiger partial charge in [0.05, 0.1) is 21.7 Å². The number of aromatic nitrogens is 4. The molecule has 5 heteroatoms. The Morgan fingerprint density at radius 3 is 2.71 bits per heavy atom. The average molecular weight is 281 g/mol. The van der Waals surface area contributed by atoms with E-state index in [-0.39, 0.29) is 0 Å². The number of aromatic amines is 3. The molecule has 0 spiro atoms. The third-order valence-corrected chi connectivity index (χ3v) is 3.53. The van der Waals surface area contributed by atoms with Crippen LogP contribution in [0.25, 0.3) is 24.0 Å². The number of H-pyrrole nitrogens is 3. The summed E-state index contributed by atoms with van der Waals surface area (Å²) in [6.45, 7) is 6.95. The third kappa shape index (κ3) is 2.23. The molecule has 21 heavy (non-hydrogen) atoms. The molecule has 0 fully saturated rings. The van der Waals surface area contributed by atoms with E-state index in [1.807, 2.05) is 29.1 Å². The molecule has 0 saturated carbocycles. The average Bonchev–Trinajstić information content (AvgIpc) is 2.72. The number of hydrogen-bond donors (Lipinski definition) is 4. The second-order valence-electron chi connectivity index (χ2n) is 4.83. The molecule has 5 N–H and O–H groups in total. The van der Waals surface area contributed by atoms with Crippen LogP contribution in [0, 0.1) is 10.7 Å². The molecular weight excluding hydrogens is 262 g/mol. The van der Waals surface area contributed by atoms with Gasteiger partial charge in [-0.3, -0.25) is 9.78 Å². The van der Waals surface area contributed by atoms with Crippen LogP contribution in [-0.4, -0.2) is 19.7 Å². The van der Waals surface area contributed by atoms with Gasteiger partial charge in [-0.25, -0.2) is 0 Å². The summed E-state index contributed by atoms with van der Waals surface area (Å²) in [6.07, 6.45) is 3.50. The number of hydrogen-bond acceptors (Lipinski definition) is 1. The molecule has 0 aliphatic carbocycles. The Labute approximate surface area is 121 Å². The minimum atomic E-state index is 0.805. The van der Waals surface area contributed by atoms with Crippen LogP contribution in [-0.2, 0) is 6.54 Å². The number of rotatable bonds is 2. The molecule has 0 aromatic heterocycles. The summed E-state index contributed by atoms with van der Waals surface area (Å²) < 4.78 is 2.01. The van der Waals surface area contributed by atoms with Crippen molar-refractivity contribution in [3.8, 4) is 11.3 Å². The van der Waals surface area contributed by atoms with Crippen LogP contribution >= 0.6 is 0 Å². The van der Waals surface area contributed by atoms with Gasteiger partial charge in [-0.2, -0.15) is 0 Å². The molecule has 0 saturated heterocycles. The first-order valence-corrected chi connectivity index (χ1v) is 6.93. The second kappa shape index (κ2) is 5.28. The van der Waals surface area contributed by atoms with Crippen LogP contribution in [0.1, 0.15) is 6.92 Å². The van der Waals surface area contributed by atoms with Crippen LogP contribution in [0.5, 0.6) is 0 Å². The summed E-state index contributed by atoms with van der Waals surface area (Å²) in [5.41, 5.74) is 7.84. The van der Waals surface area contributed by atoms with Crippen LogP contribution in [0.2, 0.25) is 0 Å². The van der Waals surface area contributed by atoms with Gasteiger partial charge in [-0.15, -0.1) is 0 Å². The van der Waals surface area contributed by atoms with E-state index in [1.54, 1.807) is 6.20 Å². The lowest BCUT2D eigenvalue weighted by Gasteiger charge is -1.97. The summed E-state index contributed by atoms with van der Waals surface area (Å²) in [6, 6.07) is 10.1. The van der Waals surface area contributed by atoms with E-state index in [2.05, 4.69) is 40.7 Å². The van der Waals surface area contributed by atoms with Crippen molar-refractivity contribution < 1.29 is 0 Å². The highest BCUT2D eigenvalue weighted by Crippen LogP contribution is 2.13. The lowest BCUT2D eigenvalue weighted by atomic mass is 10.2. The van der Waals surface area contributed by atoms with Gasteiger partial charge in [0.1, 0.15) is 5.35 Å². The summed E-state index contributed by atoms with van der Waals surface area (Å²) in [7, 11) is 0. The van der Waals surface area contributed by atoms with Gasteiger partial charge in [0.15, 0.2) is 0 Å². The van der Waals surface area contributed by atoms with Crippen molar-refractivity contribution >= 4 is 12.8 Å². The van der Waals surface area contributed by atoms with Crippen molar-refractivity contribution in [2.75, 3.05) is 0 Å². The summed E-state index contributed by atoms with van der Waals surface area (Å²) in [5.74, 6) is 0. The molecule has 0 bridgehead atoms. The van der Waals surface area contributed by atoms with Crippen LogP contribution < -0.4 is 16.4 Å². The molecule has 3 rings (SSSR count). The van der Waals surface area contributed by atoms with Crippen LogP contribution in [0.3, 0.4) is 0 Å². The highest BCUT2D eigenvalue weighted by molar-refractivity contribution is 5.57. The minimum Gasteiger partial charge on any atom is -0.403 e. The van der Waals surface area contributed by atoms with E-state index in [0.29, 0.717) is 0 Å². The first-order valence-electron chi connectivity index (χ1n) is 6.93. The van der Waals surface area contributed by atoms with Gasteiger partial charge in [0.2, 0.25) is 0 Å². The number of nitrogens with zero attached hydrogens (tertiary/aromatic N) is 1. The maximum absolute atomic E-state index is 5.78. The van der Waals surface area contributed by atoms with Gasteiger partial charge in [-0.1, -0.05) is 36.9 Å². The van der Waals surface area contributed by atoms with Gasteiger partial charge in [0, 0.05) is 18.9 Å². The van der Waals surface area contributed by atoms with Crippen molar-refractivity contribution in [3.63, 3.8) is 0 Å². The predicted octanol–water partition coefficient (Wildman–Crippen LogP) is 1.12. The zero-order chi connectivity index (χ0) is 14.8. The SMILES string of the molecule is C=c1[nH]n(CC)c2c(=CN)[nH]cc(-c3ccccc3)[nH]c1=2. The van der Waals surface area contributed by atoms with Gasteiger partial charge < -0.3 is 15.7 Å². The minimum absolute atomic E-state index is 0.805. The van der Waals surface area contributed by atoms with Gasteiger partial charge >= 0.3 is 0 Å². The Morgan fingerprint density at radius 2 is 2.05 bits per heavy atom. The Balaban J connectivity index is 2.48. The predicted molar refractivity (Wildman–Crippen MR) is 84.9 cm³/mol. The van der Waals surface area contributed by atoms with Gasteiger partial charge in [-0.05, 0) is 12.5 Å². The Kier molecular flexibility index (Phi) is 3.31. The molecule has 2 aliphatic rings. The Hall–Kier alpha value is -2.82. The molecular formula is C16H19N5. The van der Waals surface area contributed by atoms with Crippen molar-refractivity contribution in [2.45, 2.75) is 13.5 Å². The first-order chi connectivity index (χ1) is 10.2. The van der Waals surface area contributed by atoms with E-state index in [0.717, 1.165) is 39.2 Å². The zero-order valence-corrected chi connectivity index (χ0v) is 12.0. The fraction of sp³-hybridized carbons (Fsp3) is 0.125. The lowest BCUT2D eigenvalue weighted by Crippen LogP contribution is -2.15. The maximum Gasteiger partial charge on any atom is 0.108 e. The number of benzene rings is 1. The quantitative estimate of drug-likeness (QED) is 0.558. The lowest BCUT2D eigenvalue weighted by molar-refractivity contribution is 0.631. The largest absolute Gasteiger partial charge is 0.403 e. The van der Waals surface area contributed by atoms with Crippen molar-refractivity contribution in [1.29, 1.82) is 0 Å². The highest BCUT2D eigenvalue weighted by atomic mass is 15.3. The Bertz CT molecular complexity index is 951. The van der Waals surface area contributed by atoms with E-state index in [4.69, 9.17) is 5.73 Å². The van der Waals surface area contributed by atoms with E-state index in [1.165, 1.54) is 0 Å². The molecule has 1 aromatic carbocycles. The second-order valence-corrected chi connectivity index (χ2v) is 4.83. The van der Waals surface area contributed by atoms with E-state index < -0.39 is 0 Å². The number of nitrogens with one attached hydrogen (secondary N) is 3. The highest BCUT2D eigenvalue weighted by Gasteiger charge is 2.02. The standard InChI is InChI=1S/C16H19N5/c1-3-21-16-13(9-17)18-10-14(12-7-5-4-6-8-12)19-15(16)11(2)20-21/h4-10,18-20H,2-3,17H2,1H3. The zero-order valence-electron chi connectivity index (χ0n) is 12.0. The summed E-state index contributed by atoms with van der Waals surface area (Å²) in [5, 5.41) is 6.84. The van der Waals surface area contributed by atoms with Crippen molar-refractivity contribution in [1.82, 2.24) is 19.7 Å². The van der Waals surface area contributed by atoms with E-state index >= 15 is 0 Å². The topological polar surface area (TPSA) is 78.3 Å². The third-order valence-electron chi connectivity index (χ3n) is 3.53. The monoisotopic (exact) mass is 281 g/mol. The molecule has 108 valence electrons. The van der Waals surface area contributed by atoms with Crippen molar-refractivity contribution in [2.24, 2.45) is 5.73 Å². The summed E-state index contributed by atoms with van der Waals surface area (Å²) in [4.78, 5) is 6.72. The van der Waals surface area contributed by atoms with Crippen LogP contribution in [0.4, 0.5) is 0 Å². The molecule has 2 heterocycles.